The number of aromatic nitrogens is 12. The van der Waals surface area contributed by atoms with E-state index in [0.29, 0.717) is 120 Å². The van der Waals surface area contributed by atoms with E-state index in [1.54, 1.807) is 60.4 Å². The number of likely N-dealkylation sites (tertiary alicyclic amines) is 1. The van der Waals surface area contributed by atoms with Gasteiger partial charge in [-0.05, 0) is 229 Å². The van der Waals surface area contributed by atoms with E-state index in [-0.39, 0.29) is 81.3 Å². The molecule has 0 unspecified atom stereocenters. The Morgan fingerprint density at radius 1 is 0.471 bits per heavy atom. The van der Waals surface area contributed by atoms with Gasteiger partial charge in [-0.2, -0.15) is 0 Å². The number of hydrogen-bond donors (Lipinski definition) is 6. The first-order chi connectivity index (χ1) is 65.7. The number of morpholine rings is 3. The lowest BCUT2D eigenvalue weighted by Crippen LogP contribution is -2.41. The maximum atomic E-state index is 12.2. The molecule has 17 heterocycles. The molecule has 12 aromatic heterocycles. The Morgan fingerprint density at radius 2 is 0.807 bits per heavy atom. The van der Waals surface area contributed by atoms with Crippen LogP contribution in [0.4, 0.5) is 34.6 Å². The first-order valence-corrected chi connectivity index (χ1v) is 58.7. The van der Waals surface area contributed by atoms with Crippen molar-refractivity contribution in [2.24, 2.45) is 5.92 Å². The molecule has 5 aliphatic rings. The van der Waals surface area contributed by atoms with Crippen LogP contribution in [0.1, 0.15) is 115 Å². The summed E-state index contributed by atoms with van der Waals surface area (Å²) < 4.78 is 161. The molecule has 12 aromatic rings. The summed E-state index contributed by atoms with van der Waals surface area (Å²) in [7, 11) is -14.7. The molecule has 38 nitrogen and oxygen atoms in total. The highest BCUT2D eigenvalue weighted by Gasteiger charge is 2.52. The van der Waals surface area contributed by atoms with Gasteiger partial charge in [0.2, 0.25) is 86.1 Å². The highest BCUT2D eigenvalue weighted by molar-refractivity contribution is 9.11. The number of nitrogens with zero attached hydrogens (tertiary/aromatic N) is 15. The SMILES string of the molecule is C1COCCN1.CC(C)Oc1ncc(-c2nc(Cl)nc3c(Br)csc23)cc1NS(C)(=O)=O.CC(C)Oc1ncc(-c2nc(N3CCOCC3)nc3c(Br)csc23)cc1NS(C)(=O)=O.CC(C)Oc1ncc(-c2nc(N3CCOCC3)nc3c(CN4CCC(C(C)(C)O)CC4)csc23)cc1NS(C)(=O)=O.CC(C)Oc1ncc(B2OC(C)(C)C(C)(C)O2)cc1NS(C)(=O)=O.Clc1nc(Cl)c2scc(Br)c2n1. The van der Waals surface area contributed by atoms with Gasteiger partial charge in [0.1, 0.15) is 39.3 Å². The molecule has 0 radical (unpaired) electrons. The maximum Gasteiger partial charge on any atom is 0.496 e. The fourth-order valence-electron chi connectivity index (χ4n) is 14.3. The van der Waals surface area contributed by atoms with E-state index in [0.717, 1.165) is 138 Å². The summed E-state index contributed by atoms with van der Waals surface area (Å²) in [6.07, 6.45) is 12.1. The largest absolute Gasteiger partial charge is 0.496 e. The van der Waals surface area contributed by atoms with Crippen LogP contribution >= 0.6 is 128 Å². The number of hydrogen-bond acceptors (Lipinski definition) is 38. The Hall–Kier alpha value is -7.39. The molecule has 140 heavy (non-hydrogen) atoms. The third-order valence-corrected chi connectivity index (χ3v) is 31.0. The van der Waals surface area contributed by atoms with Gasteiger partial charge in [-0.25, -0.2) is 93.5 Å². The lowest BCUT2D eigenvalue weighted by atomic mass is 9.80. The number of pyridine rings is 4. The molecule has 0 spiro atoms. The second kappa shape index (κ2) is 47.9. The zero-order valence-corrected chi connectivity index (χ0v) is 93.6. The van der Waals surface area contributed by atoms with E-state index < -0.39 is 64.0 Å². The first kappa shape index (κ1) is 111. The van der Waals surface area contributed by atoms with E-state index in [1.807, 2.05) is 113 Å². The Balaban J connectivity index is 0.000000160. The molecular weight excluding hydrogens is 2230 g/mol. The van der Waals surface area contributed by atoms with Crippen molar-refractivity contribution >= 4 is 256 Å². The molecule has 5 saturated heterocycles. The Morgan fingerprint density at radius 3 is 1.18 bits per heavy atom. The average Bonchev–Trinajstić information content (AvgIpc) is 1.60. The zero-order chi connectivity index (χ0) is 102. The predicted octanol–water partition coefficient (Wildman–Crippen LogP) is 16.5. The molecule has 53 heteroatoms. The molecule has 0 saturated carbocycles. The maximum absolute atomic E-state index is 12.2. The summed E-state index contributed by atoms with van der Waals surface area (Å²) in [6.45, 7) is 38.0. The van der Waals surface area contributed by atoms with Crippen LogP contribution in [0.2, 0.25) is 15.7 Å². The number of halogens is 6. The molecule has 0 amide bonds. The van der Waals surface area contributed by atoms with E-state index in [2.05, 4.69) is 132 Å². The first-order valence-electron chi connectivity index (χ1n) is 44.1. The third-order valence-electron chi connectivity index (χ3n) is 21.2. The number of aliphatic hydroxyl groups is 1. The van der Waals surface area contributed by atoms with E-state index in [9.17, 15) is 38.8 Å². The molecule has 0 aromatic carbocycles. The lowest BCUT2D eigenvalue weighted by Gasteiger charge is -2.37. The Labute approximate surface area is 871 Å². The molecule has 0 bridgehead atoms. The molecule has 5 aliphatic heterocycles. The molecule has 6 N–H and O–H groups in total. The minimum absolute atomic E-state index is 0.0896. The molecule has 17 rings (SSSR count). The van der Waals surface area contributed by atoms with Gasteiger partial charge in [0.05, 0.1) is 161 Å². The van der Waals surface area contributed by atoms with Crippen molar-refractivity contribution in [2.75, 3.05) is 146 Å². The number of rotatable bonds is 25. The smallest absolute Gasteiger partial charge is 0.473 e. The number of ether oxygens (including phenoxy) is 7. The number of nitrogens with one attached hydrogen (secondary N) is 5. The van der Waals surface area contributed by atoms with Crippen LogP contribution in [0.3, 0.4) is 0 Å². The second-order valence-electron chi connectivity index (χ2n) is 35.5. The van der Waals surface area contributed by atoms with E-state index >= 15 is 0 Å². The highest BCUT2D eigenvalue weighted by atomic mass is 79.9. The summed E-state index contributed by atoms with van der Waals surface area (Å²) in [6, 6.07) is 6.69. The van der Waals surface area contributed by atoms with Gasteiger partial charge >= 0.3 is 7.12 Å². The summed E-state index contributed by atoms with van der Waals surface area (Å²) in [5.41, 5.74) is 8.18. The fraction of sp³-hybridized carbons (Fsp3) is 0.494. The summed E-state index contributed by atoms with van der Waals surface area (Å²) >= 11 is 33.9. The second-order valence-corrected chi connectivity index (χ2v) is 49.6. The number of anilines is 6. The van der Waals surface area contributed by atoms with Crippen molar-refractivity contribution < 1.29 is 81.2 Å². The number of thiophene rings is 4. The molecule has 5 fully saturated rings. The predicted molar refractivity (Wildman–Crippen MR) is 568 cm³/mol. The third kappa shape index (κ3) is 31.1. The molecule has 0 atom stereocenters. The normalized spacial score (nSPS) is 16.1. The van der Waals surface area contributed by atoms with Crippen molar-refractivity contribution in [1.82, 2.24) is 70.0 Å². The van der Waals surface area contributed by atoms with Gasteiger partial charge in [-0.15, -0.1) is 45.3 Å². The zero-order valence-electron chi connectivity index (χ0n) is 80.0. The highest BCUT2D eigenvalue weighted by Crippen LogP contribution is 2.45. The van der Waals surface area contributed by atoms with Crippen molar-refractivity contribution in [1.29, 1.82) is 0 Å². The molecule has 0 aliphatic carbocycles. The van der Waals surface area contributed by atoms with Gasteiger partial charge in [0.25, 0.3) is 0 Å². The van der Waals surface area contributed by atoms with E-state index in [1.165, 1.54) is 34.0 Å². The van der Waals surface area contributed by atoms with Crippen molar-refractivity contribution in [3.8, 4) is 57.3 Å². The summed E-state index contributed by atoms with van der Waals surface area (Å²) in [4.78, 5) is 60.0. The minimum atomic E-state index is -3.57. The van der Waals surface area contributed by atoms with Gasteiger partial charge in [-0.3, -0.25) is 23.8 Å². The van der Waals surface area contributed by atoms with Crippen molar-refractivity contribution in [3.05, 3.63) is 105 Å². The fourth-order valence-corrected chi connectivity index (χ4v) is 22.7. The van der Waals surface area contributed by atoms with Gasteiger partial charge in [0, 0.05) is 114 Å². The van der Waals surface area contributed by atoms with Crippen LogP contribution < -0.4 is 58.4 Å². The average molecular weight is 2340 g/mol. The monoisotopic (exact) mass is 2330 g/mol. The topological polar surface area (TPSA) is 464 Å². The summed E-state index contributed by atoms with van der Waals surface area (Å²) in [5, 5.41) is 22.2. The van der Waals surface area contributed by atoms with Crippen LogP contribution in [0, 0.1) is 5.92 Å². The van der Waals surface area contributed by atoms with Crippen molar-refractivity contribution in [2.45, 2.75) is 158 Å². The van der Waals surface area contributed by atoms with Crippen LogP contribution in [0.15, 0.2) is 84.0 Å². The van der Waals surface area contributed by atoms with Crippen LogP contribution in [-0.4, -0.2) is 269 Å². The molecular formula is C87H111BBr3Cl3N20O18S8. The van der Waals surface area contributed by atoms with E-state index in [4.69, 9.17) is 97.2 Å². The van der Waals surface area contributed by atoms with Crippen molar-refractivity contribution in [3.63, 3.8) is 0 Å². The Kier molecular flexibility index (Phi) is 38.1. The van der Waals surface area contributed by atoms with Gasteiger partial charge in [0.15, 0.2) is 5.15 Å². The van der Waals surface area contributed by atoms with Crippen LogP contribution in [0.25, 0.3) is 74.6 Å². The van der Waals surface area contributed by atoms with Crippen LogP contribution in [0.5, 0.6) is 23.5 Å². The number of fused-ring (bicyclic) bond motifs is 4. The summed E-state index contributed by atoms with van der Waals surface area (Å²) in [5.74, 6) is 2.36. The number of sulfonamides is 4. The van der Waals surface area contributed by atoms with Gasteiger partial charge in [-0.1, -0.05) is 11.6 Å². The lowest BCUT2D eigenvalue weighted by molar-refractivity contribution is -0.0135. The standard InChI is InChI=1S/C28H40N6O5S2.C19H22BrN5O4S2.C15H25BN2O5S.C15H14BrClN4O3S2.C6HBrCl2N2S.C4H9NO/c1-18(2)39-26-22(32-41(5,36)37)14-19(15-29-26)23-25-24(31-27(30-23)34-10-12-38-13-11-34)20(17-40-25)16-33-8-6-21(7-9-33)28(3,4)35;1-11(2)29-18-14(24-31(3,26)27)8-12(9-21-18)15-17-16(13(20)10-30-17)23-19(22-15)25-4-6-28-7-5-25;1-10(2)21-13-12(18-24(7,19)20)8-11(9-17-13)16-22-14(3,4)15(5,6)23-16;1-7(2)24-14-10(21-26(3,22)23)4-8(5-18-14)11-13-12(9(16)6-25-13)20-15(17)19-11;7-2-1-12-4-3(2)10-6(9)11-5(4)8;1-3-6-4-2-5-1/h14-15,17-18,21,32,35H,6-13,16H2,1-5H3;8-11,24H,4-7H2,1-3H3;8-10,18H,1-7H3;4-7,21H,1-3H3;1H;5H,1-4H2. The Bertz CT molecular complexity index is 6830. The number of piperidine rings is 1. The van der Waals surface area contributed by atoms with Gasteiger partial charge < -0.3 is 62.7 Å². The van der Waals surface area contributed by atoms with Crippen LogP contribution in [-0.2, 0) is 70.2 Å². The molecule has 760 valence electrons. The quantitative estimate of drug-likeness (QED) is 0.0176. The minimum Gasteiger partial charge on any atom is -0.473 e.